The van der Waals surface area contributed by atoms with Crippen molar-refractivity contribution in [1.82, 2.24) is 10.2 Å². The van der Waals surface area contributed by atoms with Crippen molar-refractivity contribution >= 4 is 11.6 Å². The van der Waals surface area contributed by atoms with Gasteiger partial charge >= 0.3 is 0 Å². The molecule has 2 heterocycles. The molecule has 0 aliphatic carbocycles. The Bertz CT molecular complexity index is 861. The highest BCUT2D eigenvalue weighted by molar-refractivity contribution is 5.94. The number of hydrogen-bond acceptors (Lipinski definition) is 3. The van der Waals surface area contributed by atoms with Crippen LogP contribution in [0.1, 0.15) is 74.0 Å². The number of carbonyl (C=O) groups excluding carboxylic acids is 1. The van der Waals surface area contributed by atoms with Gasteiger partial charge in [-0.05, 0) is 92.9 Å². The van der Waals surface area contributed by atoms with E-state index in [-0.39, 0.29) is 11.9 Å². The second kappa shape index (κ2) is 10.5. The number of nitrogens with one attached hydrogen (secondary N) is 1. The Labute approximate surface area is 194 Å². The minimum atomic E-state index is -0.0204. The zero-order valence-corrected chi connectivity index (χ0v) is 20.0. The smallest absolute Gasteiger partial charge is 0.251 e. The van der Waals surface area contributed by atoms with Gasteiger partial charge in [-0.25, -0.2) is 0 Å². The van der Waals surface area contributed by atoms with Crippen molar-refractivity contribution in [3.63, 3.8) is 0 Å². The fourth-order valence-corrected chi connectivity index (χ4v) is 4.84. The molecule has 32 heavy (non-hydrogen) atoms. The van der Waals surface area contributed by atoms with Crippen LogP contribution in [0.25, 0.3) is 0 Å². The van der Waals surface area contributed by atoms with Gasteiger partial charge in [-0.2, -0.15) is 0 Å². The Balaban J connectivity index is 1.29. The maximum Gasteiger partial charge on any atom is 0.251 e. The molecule has 1 N–H and O–H groups in total. The van der Waals surface area contributed by atoms with Gasteiger partial charge in [0.15, 0.2) is 0 Å². The molecule has 0 spiro atoms. The Morgan fingerprint density at radius 1 is 0.875 bits per heavy atom. The van der Waals surface area contributed by atoms with Gasteiger partial charge in [0, 0.05) is 30.9 Å². The third-order valence-corrected chi connectivity index (χ3v) is 7.39. The second-order valence-electron chi connectivity index (χ2n) is 10.1. The van der Waals surface area contributed by atoms with E-state index in [1.165, 1.54) is 50.0 Å². The van der Waals surface area contributed by atoms with Gasteiger partial charge in [0.1, 0.15) is 0 Å². The van der Waals surface area contributed by atoms with E-state index >= 15 is 0 Å². The summed E-state index contributed by atoms with van der Waals surface area (Å²) < 4.78 is 0. The number of likely N-dealkylation sites (tertiary alicyclic amines) is 1. The van der Waals surface area contributed by atoms with E-state index in [0.717, 1.165) is 42.6 Å². The third-order valence-electron chi connectivity index (χ3n) is 7.39. The summed E-state index contributed by atoms with van der Waals surface area (Å²) in [6.07, 6.45) is 5.11. The van der Waals surface area contributed by atoms with Gasteiger partial charge in [0.2, 0.25) is 0 Å². The number of carbonyl (C=O) groups is 1. The molecule has 2 aliphatic heterocycles. The van der Waals surface area contributed by atoms with Crippen LogP contribution < -0.4 is 10.2 Å². The van der Waals surface area contributed by atoms with Crippen LogP contribution in [0.15, 0.2) is 48.5 Å². The van der Waals surface area contributed by atoms with Crippen molar-refractivity contribution in [2.45, 2.75) is 59.0 Å². The summed E-state index contributed by atoms with van der Waals surface area (Å²) >= 11 is 0. The molecule has 2 fully saturated rings. The normalized spacial score (nSPS) is 19.7. The largest absolute Gasteiger partial charge is 0.372 e. The van der Waals surface area contributed by atoms with E-state index in [4.69, 9.17) is 0 Å². The molecule has 0 unspecified atom stereocenters. The fraction of sp³-hybridized carbons (Fsp3) is 0.536. The van der Waals surface area contributed by atoms with E-state index < -0.39 is 0 Å². The van der Waals surface area contributed by atoms with Crippen LogP contribution in [0.3, 0.4) is 0 Å². The van der Waals surface area contributed by atoms with Gasteiger partial charge < -0.3 is 10.2 Å². The Hall–Kier alpha value is -2.33. The SMILES string of the molecule is CC1CCN(Cc2ccc(C(=O)N[C@H](C)c3ccc(N4CCC(C)CC4)cc3)cc2)CC1. The summed E-state index contributed by atoms with van der Waals surface area (Å²) in [5.74, 6) is 1.68. The van der Waals surface area contributed by atoms with Crippen LogP contribution in [-0.4, -0.2) is 37.0 Å². The van der Waals surface area contributed by atoms with Crippen LogP contribution in [0.4, 0.5) is 5.69 Å². The lowest BCUT2D eigenvalue weighted by molar-refractivity contribution is 0.0940. The lowest BCUT2D eigenvalue weighted by Crippen LogP contribution is -2.32. The van der Waals surface area contributed by atoms with Crippen molar-refractivity contribution in [2.24, 2.45) is 11.8 Å². The number of anilines is 1. The number of piperidine rings is 2. The topological polar surface area (TPSA) is 35.6 Å². The number of nitrogens with zero attached hydrogens (tertiary/aromatic N) is 2. The van der Waals surface area contributed by atoms with Crippen LogP contribution in [0.5, 0.6) is 0 Å². The highest BCUT2D eigenvalue weighted by atomic mass is 16.1. The second-order valence-corrected chi connectivity index (χ2v) is 10.1. The lowest BCUT2D eigenvalue weighted by Gasteiger charge is -2.32. The molecule has 0 aromatic heterocycles. The zero-order valence-electron chi connectivity index (χ0n) is 20.0. The molecule has 0 bridgehead atoms. The van der Waals surface area contributed by atoms with Crippen molar-refractivity contribution in [1.29, 1.82) is 0 Å². The fourth-order valence-electron chi connectivity index (χ4n) is 4.84. The number of hydrogen-bond donors (Lipinski definition) is 1. The van der Waals surface area contributed by atoms with Crippen molar-refractivity contribution in [3.8, 4) is 0 Å². The van der Waals surface area contributed by atoms with E-state index in [2.05, 4.69) is 72.3 Å². The Kier molecular flexibility index (Phi) is 7.51. The maximum atomic E-state index is 12.8. The first-order valence-electron chi connectivity index (χ1n) is 12.4. The highest BCUT2D eigenvalue weighted by Crippen LogP contribution is 2.25. The molecule has 4 heteroatoms. The van der Waals surface area contributed by atoms with Crippen molar-refractivity contribution in [2.75, 3.05) is 31.1 Å². The number of rotatable bonds is 6. The predicted octanol–water partition coefficient (Wildman–Crippen LogP) is 5.65. The molecule has 2 aromatic carbocycles. The molecule has 0 saturated carbocycles. The monoisotopic (exact) mass is 433 g/mol. The summed E-state index contributed by atoms with van der Waals surface area (Å²) in [6, 6.07) is 16.8. The first-order chi connectivity index (χ1) is 15.5. The van der Waals surface area contributed by atoms with Crippen LogP contribution in [0.2, 0.25) is 0 Å². The Morgan fingerprint density at radius 2 is 1.44 bits per heavy atom. The van der Waals surface area contributed by atoms with E-state index in [9.17, 15) is 4.79 Å². The average molecular weight is 434 g/mol. The van der Waals surface area contributed by atoms with E-state index in [0.29, 0.717) is 0 Å². The molecule has 4 rings (SSSR count). The molecule has 1 amide bonds. The van der Waals surface area contributed by atoms with E-state index in [1.807, 2.05) is 12.1 Å². The molecule has 2 saturated heterocycles. The first kappa shape index (κ1) is 22.8. The molecular weight excluding hydrogens is 394 g/mol. The van der Waals surface area contributed by atoms with Gasteiger partial charge in [-0.3, -0.25) is 9.69 Å². The van der Waals surface area contributed by atoms with Crippen molar-refractivity contribution < 1.29 is 4.79 Å². The molecule has 2 aromatic rings. The minimum absolute atomic E-state index is 0.00931. The summed E-state index contributed by atoms with van der Waals surface area (Å²) in [5, 5.41) is 3.16. The van der Waals surface area contributed by atoms with Crippen LogP contribution >= 0.6 is 0 Å². The minimum Gasteiger partial charge on any atom is -0.372 e. The van der Waals surface area contributed by atoms with E-state index in [1.54, 1.807) is 0 Å². The molecule has 2 aliphatic rings. The molecule has 172 valence electrons. The van der Waals surface area contributed by atoms with Crippen LogP contribution in [0, 0.1) is 11.8 Å². The quantitative estimate of drug-likeness (QED) is 0.640. The summed E-state index contributed by atoms with van der Waals surface area (Å²) in [4.78, 5) is 17.8. The summed E-state index contributed by atoms with van der Waals surface area (Å²) in [6.45, 7) is 12.4. The standard InChI is InChI=1S/C28H39N3O/c1-21-12-16-30(17-13-21)20-24-4-6-26(7-5-24)28(32)29-23(3)25-8-10-27(11-9-25)31-18-14-22(2)15-19-31/h4-11,21-23H,12-20H2,1-3H3,(H,29,32)/t23-/m1/s1. The third kappa shape index (κ3) is 5.92. The molecule has 4 nitrogen and oxygen atoms in total. The molecule has 0 radical (unpaired) electrons. The predicted molar refractivity (Wildman–Crippen MR) is 133 cm³/mol. The first-order valence-corrected chi connectivity index (χ1v) is 12.4. The number of amides is 1. The molecule has 1 atom stereocenters. The summed E-state index contributed by atoms with van der Waals surface area (Å²) in [5.41, 5.74) is 4.44. The van der Waals surface area contributed by atoms with Gasteiger partial charge in [0.25, 0.3) is 5.91 Å². The van der Waals surface area contributed by atoms with Crippen molar-refractivity contribution in [3.05, 3.63) is 65.2 Å². The lowest BCUT2D eigenvalue weighted by atomic mass is 9.98. The summed E-state index contributed by atoms with van der Waals surface area (Å²) in [7, 11) is 0. The van der Waals surface area contributed by atoms with Gasteiger partial charge in [-0.15, -0.1) is 0 Å². The highest BCUT2D eigenvalue weighted by Gasteiger charge is 2.18. The van der Waals surface area contributed by atoms with Crippen LogP contribution in [-0.2, 0) is 6.54 Å². The number of benzene rings is 2. The van der Waals surface area contributed by atoms with Gasteiger partial charge in [-0.1, -0.05) is 38.1 Å². The maximum absolute atomic E-state index is 12.8. The Morgan fingerprint density at radius 3 is 2.03 bits per heavy atom. The average Bonchev–Trinajstić information content (AvgIpc) is 2.81. The zero-order chi connectivity index (χ0) is 22.5. The van der Waals surface area contributed by atoms with Gasteiger partial charge in [0.05, 0.1) is 6.04 Å². The molecular formula is C28H39N3O.